The summed E-state index contributed by atoms with van der Waals surface area (Å²) >= 11 is 3.61. The van der Waals surface area contributed by atoms with Crippen molar-refractivity contribution in [3.05, 3.63) is 39.8 Å². The number of thiazole rings is 1. The number of hydrogen-bond acceptors (Lipinski definition) is 4. The minimum atomic E-state index is -0.387. The zero-order valence-electron chi connectivity index (χ0n) is 9.85. The molecule has 0 bridgehead atoms. The molecular formula is C13H8FIN2OS. The van der Waals surface area contributed by atoms with Crippen LogP contribution in [-0.2, 0) is 0 Å². The third-order valence-corrected chi connectivity index (χ3v) is 4.24. The Bertz CT molecular complexity index is 759. The van der Waals surface area contributed by atoms with Crippen molar-refractivity contribution in [2.45, 2.75) is 0 Å². The SMILES string of the molecule is COc1ccc(-c2nc3ccc(I)nc3s2)cc1F. The quantitative estimate of drug-likeness (QED) is 0.491. The summed E-state index contributed by atoms with van der Waals surface area (Å²) < 4.78 is 19.5. The molecule has 0 saturated carbocycles. The number of ether oxygens (including phenoxy) is 1. The Kier molecular flexibility index (Phi) is 3.36. The van der Waals surface area contributed by atoms with E-state index in [-0.39, 0.29) is 11.6 Å². The third kappa shape index (κ3) is 2.42. The first-order chi connectivity index (χ1) is 9.17. The van der Waals surface area contributed by atoms with Crippen LogP contribution in [0.2, 0.25) is 0 Å². The lowest BCUT2D eigenvalue weighted by Crippen LogP contribution is -1.88. The molecule has 3 nitrogen and oxygen atoms in total. The molecule has 1 aromatic carbocycles. The van der Waals surface area contributed by atoms with E-state index in [0.29, 0.717) is 0 Å². The monoisotopic (exact) mass is 386 g/mol. The van der Waals surface area contributed by atoms with E-state index in [1.165, 1.54) is 24.5 Å². The standard InChI is InChI=1S/C13H8FIN2OS/c1-18-10-4-2-7(6-8(10)14)12-16-9-3-5-11(15)17-13(9)19-12/h2-6H,1H3. The molecule has 3 aromatic rings. The highest BCUT2D eigenvalue weighted by Gasteiger charge is 2.10. The molecule has 0 amide bonds. The van der Waals surface area contributed by atoms with Gasteiger partial charge in [-0.15, -0.1) is 0 Å². The second-order valence-electron chi connectivity index (χ2n) is 3.83. The molecule has 96 valence electrons. The lowest BCUT2D eigenvalue weighted by Gasteiger charge is -2.02. The molecule has 0 N–H and O–H groups in total. The van der Waals surface area contributed by atoms with Crippen molar-refractivity contribution in [2.24, 2.45) is 0 Å². The molecular weight excluding hydrogens is 378 g/mol. The van der Waals surface area contributed by atoms with Gasteiger partial charge >= 0.3 is 0 Å². The second-order valence-corrected chi connectivity index (χ2v) is 5.91. The van der Waals surface area contributed by atoms with Gasteiger partial charge in [-0.1, -0.05) is 11.3 Å². The highest BCUT2D eigenvalue weighted by Crippen LogP contribution is 2.31. The molecule has 2 heterocycles. The number of halogens is 2. The van der Waals surface area contributed by atoms with Gasteiger partial charge in [-0.05, 0) is 52.9 Å². The predicted octanol–water partition coefficient (Wildman–Crippen LogP) is 4.11. The van der Waals surface area contributed by atoms with Crippen LogP contribution in [0.25, 0.3) is 20.9 Å². The maximum Gasteiger partial charge on any atom is 0.165 e. The minimum Gasteiger partial charge on any atom is -0.494 e. The molecule has 0 aliphatic heterocycles. The van der Waals surface area contributed by atoms with E-state index in [1.54, 1.807) is 12.1 Å². The second kappa shape index (κ2) is 5.01. The largest absolute Gasteiger partial charge is 0.494 e. The lowest BCUT2D eigenvalue weighted by molar-refractivity contribution is 0.386. The molecule has 19 heavy (non-hydrogen) atoms. The van der Waals surface area contributed by atoms with Crippen molar-refractivity contribution >= 4 is 44.3 Å². The fourth-order valence-corrected chi connectivity index (χ4v) is 3.24. The van der Waals surface area contributed by atoms with E-state index in [2.05, 4.69) is 32.6 Å². The molecule has 0 fully saturated rings. The smallest absolute Gasteiger partial charge is 0.165 e. The molecule has 6 heteroatoms. The number of pyridine rings is 1. The average molecular weight is 386 g/mol. The summed E-state index contributed by atoms with van der Waals surface area (Å²) in [7, 11) is 1.45. The topological polar surface area (TPSA) is 35.0 Å². The zero-order valence-corrected chi connectivity index (χ0v) is 12.8. The Morgan fingerprint density at radius 1 is 1.21 bits per heavy atom. The Labute approximate surface area is 126 Å². The van der Waals surface area contributed by atoms with Crippen LogP contribution in [0, 0.1) is 9.52 Å². The van der Waals surface area contributed by atoms with Crippen LogP contribution < -0.4 is 4.74 Å². The first-order valence-electron chi connectivity index (χ1n) is 5.44. The molecule has 0 spiro atoms. The first kappa shape index (κ1) is 12.7. The number of aromatic nitrogens is 2. The maximum atomic E-state index is 13.7. The number of hydrogen-bond donors (Lipinski definition) is 0. The number of methoxy groups -OCH3 is 1. The summed E-state index contributed by atoms with van der Waals surface area (Å²) in [6.07, 6.45) is 0. The van der Waals surface area contributed by atoms with Gasteiger partial charge in [0.2, 0.25) is 0 Å². The number of fused-ring (bicyclic) bond motifs is 1. The van der Waals surface area contributed by atoms with Crippen molar-refractivity contribution < 1.29 is 9.13 Å². The van der Waals surface area contributed by atoms with E-state index >= 15 is 0 Å². The van der Waals surface area contributed by atoms with Gasteiger partial charge in [0.05, 0.1) is 7.11 Å². The van der Waals surface area contributed by atoms with E-state index in [4.69, 9.17) is 4.74 Å². The Morgan fingerprint density at radius 3 is 2.79 bits per heavy atom. The minimum absolute atomic E-state index is 0.234. The third-order valence-electron chi connectivity index (χ3n) is 2.62. The average Bonchev–Trinajstić information content (AvgIpc) is 2.81. The van der Waals surface area contributed by atoms with Crippen LogP contribution in [0.3, 0.4) is 0 Å². The molecule has 2 aromatic heterocycles. The first-order valence-corrected chi connectivity index (χ1v) is 7.34. The van der Waals surface area contributed by atoms with Crippen LogP contribution in [0.5, 0.6) is 5.75 Å². The van der Waals surface area contributed by atoms with Crippen molar-refractivity contribution in [1.82, 2.24) is 9.97 Å². The Balaban J connectivity index is 2.11. The van der Waals surface area contributed by atoms with Crippen molar-refractivity contribution in [3.8, 4) is 16.3 Å². The fourth-order valence-electron chi connectivity index (χ4n) is 1.72. The Morgan fingerprint density at radius 2 is 2.05 bits per heavy atom. The summed E-state index contributed by atoms with van der Waals surface area (Å²) in [6, 6.07) is 8.66. The fraction of sp³-hybridized carbons (Fsp3) is 0.0769. The molecule has 0 saturated heterocycles. The van der Waals surface area contributed by atoms with Crippen LogP contribution in [0.4, 0.5) is 4.39 Å². The molecule has 0 aliphatic carbocycles. The molecule has 0 atom stereocenters. The van der Waals surface area contributed by atoms with Gasteiger partial charge in [-0.2, -0.15) is 0 Å². The van der Waals surface area contributed by atoms with Gasteiger partial charge in [-0.3, -0.25) is 0 Å². The van der Waals surface area contributed by atoms with Crippen molar-refractivity contribution in [1.29, 1.82) is 0 Å². The summed E-state index contributed by atoms with van der Waals surface area (Å²) in [5, 5.41) is 0.756. The molecule has 3 rings (SSSR count). The number of benzene rings is 1. The van der Waals surface area contributed by atoms with Gasteiger partial charge < -0.3 is 4.74 Å². The molecule has 0 unspecified atom stereocenters. The summed E-state index contributed by atoms with van der Waals surface area (Å²) in [4.78, 5) is 9.73. The van der Waals surface area contributed by atoms with Gasteiger partial charge in [0, 0.05) is 5.56 Å². The van der Waals surface area contributed by atoms with Crippen LogP contribution in [0.15, 0.2) is 30.3 Å². The highest BCUT2D eigenvalue weighted by molar-refractivity contribution is 14.1. The number of nitrogens with zero attached hydrogens (tertiary/aromatic N) is 2. The number of rotatable bonds is 2. The van der Waals surface area contributed by atoms with Crippen LogP contribution in [-0.4, -0.2) is 17.1 Å². The van der Waals surface area contributed by atoms with E-state index in [1.807, 2.05) is 12.1 Å². The maximum absolute atomic E-state index is 13.7. The van der Waals surface area contributed by atoms with Gasteiger partial charge in [0.15, 0.2) is 11.6 Å². The predicted molar refractivity (Wildman–Crippen MR) is 82.1 cm³/mol. The molecule has 0 radical (unpaired) electrons. The van der Waals surface area contributed by atoms with Crippen molar-refractivity contribution in [2.75, 3.05) is 7.11 Å². The van der Waals surface area contributed by atoms with Gasteiger partial charge in [0.1, 0.15) is 19.1 Å². The molecule has 0 aliphatic rings. The van der Waals surface area contributed by atoms with E-state index < -0.39 is 0 Å². The Hall–Kier alpha value is -1.28. The summed E-state index contributed by atoms with van der Waals surface area (Å²) in [5.41, 5.74) is 1.56. The van der Waals surface area contributed by atoms with Gasteiger partial charge in [0.25, 0.3) is 0 Å². The zero-order chi connectivity index (χ0) is 13.4. The highest BCUT2D eigenvalue weighted by atomic mass is 127. The van der Waals surface area contributed by atoms with Crippen molar-refractivity contribution in [3.63, 3.8) is 0 Å². The summed E-state index contributed by atoms with van der Waals surface area (Å²) in [5.74, 6) is -0.153. The van der Waals surface area contributed by atoms with Crippen LogP contribution >= 0.6 is 33.9 Å². The van der Waals surface area contributed by atoms with Crippen LogP contribution in [0.1, 0.15) is 0 Å². The van der Waals surface area contributed by atoms with Gasteiger partial charge in [-0.25, -0.2) is 14.4 Å². The normalized spacial score (nSPS) is 10.9. The lowest BCUT2D eigenvalue weighted by atomic mass is 10.2. The van der Waals surface area contributed by atoms with E-state index in [9.17, 15) is 4.39 Å². The summed E-state index contributed by atoms with van der Waals surface area (Å²) in [6.45, 7) is 0. The van der Waals surface area contributed by atoms with E-state index in [0.717, 1.165) is 24.6 Å².